The Morgan fingerprint density at radius 2 is 1.66 bits per heavy atom. The second-order valence-corrected chi connectivity index (χ2v) is 8.01. The number of amides is 2. The maximum Gasteiger partial charge on any atom is 0.329 e. The Kier molecular flexibility index (Phi) is 8.36. The van der Waals surface area contributed by atoms with Gasteiger partial charge in [-0.25, -0.2) is 5.43 Å². The molecule has 0 heterocycles. The Hall–Kier alpha value is -2.77. The van der Waals surface area contributed by atoms with Crippen LogP contribution in [0.3, 0.4) is 0 Å². The lowest BCUT2D eigenvalue weighted by molar-refractivity contribution is -0.136. The van der Waals surface area contributed by atoms with E-state index in [1.165, 1.54) is 6.21 Å². The van der Waals surface area contributed by atoms with E-state index in [0.29, 0.717) is 37.1 Å². The van der Waals surface area contributed by atoms with Gasteiger partial charge in [0, 0.05) is 10.6 Å². The summed E-state index contributed by atoms with van der Waals surface area (Å²) in [5.74, 6) is -1.43. The van der Waals surface area contributed by atoms with E-state index in [1.54, 1.807) is 60.7 Å². The van der Waals surface area contributed by atoms with Crippen LogP contribution in [-0.2, 0) is 16.2 Å². The number of nitrogens with one attached hydrogen (secondary N) is 2. The number of hydrazone groups is 1. The number of carbonyl (C=O) groups is 2. The van der Waals surface area contributed by atoms with Gasteiger partial charge in [-0.3, -0.25) is 9.59 Å². The molecule has 164 valence electrons. The van der Waals surface area contributed by atoms with E-state index >= 15 is 0 Å². The molecule has 0 unspecified atom stereocenters. The van der Waals surface area contributed by atoms with Gasteiger partial charge in [-0.1, -0.05) is 64.6 Å². The van der Waals surface area contributed by atoms with Crippen molar-refractivity contribution >= 4 is 70.1 Å². The van der Waals surface area contributed by atoms with Crippen LogP contribution in [0.5, 0.6) is 5.75 Å². The third-order valence-corrected chi connectivity index (χ3v) is 5.35. The van der Waals surface area contributed by atoms with Crippen LogP contribution in [-0.4, -0.2) is 18.0 Å². The molecule has 2 N–H and O–H groups in total. The number of rotatable bonds is 6. The fourth-order valence-electron chi connectivity index (χ4n) is 2.50. The molecule has 0 atom stereocenters. The number of anilines is 1. The molecule has 6 nitrogen and oxygen atoms in total. The van der Waals surface area contributed by atoms with Gasteiger partial charge in [-0.15, -0.1) is 0 Å². The zero-order valence-electron chi connectivity index (χ0n) is 16.2. The van der Waals surface area contributed by atoms with E-state index in [9.17, 15) is 9.59 Å². The third-order valence-electron chi connectivity index (χ3n) is 4.05. The van der Waals surface area contributed by atoms with Gasteiger partial charge in [0.25, 0.3) is 0 Å². The molecule has 0 aromatic heterocycles. The molecule has 3 rings (SSSR count). The van der Waals surface area contributed by atoms with Gasteiger partial charge in [0.1, 0.15) is 12.4 Å². The fraction of sp³-hybridized carbons (Fsp3) is 0.0455. The van der Waals surface area contributed by atoms with Crippen molar-refractivity contribution < 1.29 is 14.3 Å². The summed E-state index contributed by atoms with van der Waals surface area (Å²) in [5.41, 5.74) is 3.76. The number of nitrogens with zero attached hydrogens (tertiary/aromatic N) is 1. The molecule has 3 aromatic carbocycles. The number of para-hydroxylation sites is 1. The minimum Gasteiger partial charge on any atom is -0.488 e. The highest BCUT2D eigenvalue weighted by Crippen LogP contribution is 2.25. The van der Waals surface area contributed by atoms with E-state index in [4.69, 9.17) is 51.1 Å². The lowest BCUT2D eigenvalue weighted by atomic mass is 10.2. The van der Waals surface area contributed by atoms with Gasteiger partial charge in [0.15, 0.2) is 0 Å². The van der Waals surface area contributed by atoms with E-state index in [0.717, 1.165) is 5.56 Å². The van der Waals surface area contributed by atoms with E-state index < -0.39 is 11.8 Å². The molecule has 0 saturated carbocycles. The number of hydrogen-bond donors (Lipinski definition) is 2. The van der Waals surface area contributed by atoms with Gasteiger partial charge in [-0.05, 0) is 48.0 Å². The third kappa shape index (κ3) is 6.61. The van der Waals surface area contributed by atoms with Gasteiger partial charge in [-0.2, -0.15) is 5.10 Å². The van der Waals surface area contributed by atoms with Crippen molar-refractivity contribution in [2.75, 3.05) is 5.32 Å². The predicted molar refractivity (Wildman–Crippen MR) is 128 cm³/mol. The van der Waals surface area contributed by atoms with Crippen molar-refractivity contribution in [2.45, 2.75) is 6.61 Å². The van der Waals surface area contributed by atoms with Gasteiger partial charge < -0.3 is 10.1 Å². The Labute approximate surface area is 204 Å². The zero-order chi connectivity index (χ0) is 23.1. The monoisotopic (exact) mass is 509 g/mol. The van der Waals surface area contributed by atoms with Crippen molar-refractivity contribution in [3.8, 4) is 5.75 Å². The van der Waals surface area contributed by atoms with Crippen molar-refractivity contribution in [3.63, 3.8) is 0 Å². The lowest BCUT2D eigenvalue weighted by Crippen LogP contribution is -2.32. The average Bonchev–Trinajstić information content (AvgIpc) is 2.77. The van der Waals surface area contributed by atoms with Gasteiger partial charge in [0.2, 0.25) is 0 Å². The summed E-state index contributed by atoms with van der Waals surface area (Å²) in [7, 11) is 0. The molecule has 0 aliphatic carbocycles. The van der Waals surface area contributed by atoms with E-state index in [-0.39, 0.29) is 6.61 Å². The maximum atomic E-state index is 12.0. The molecular weight excluding hydrogens is 496 g/mol. The SMILES string of the molecule is O=C(N/N=C\c1cc(Cl)ccc1OCc1ccc(Cl)c(Cl)c1)C(=O)Nc1ccccc1Cl. The van der Waals surface area contributed by atoms with Crippen LogP contribution in [0.4, 0.5) is 5.69 Å². The quantitative estimate of drug-likeness (QED) is 0.243. The number of halogens is 4. The molecule has 3 aromatic rings. The van der Waals surface area contributed by atoms with Crippen LogP contribution in [0, 0.1) is 0 Å². The molecule has 0 radical (unpaired) electrons. The standard InChI is InChI=1S/C22H15Cl4N3O3/c23-15-6-8-20(32-12-13-5-7-16(24)18(26)9-13)14(10-15)11-27-29-22(31)21(30)28-19-4-2-1-3-17(19)25/h1-11H,12H2,(H,28,30)(H,29,31)/b27-11-. The summed E-state index contributed by atoms with van der Waals surface area (Å²) in [6.45, 7) is 0.214. The van der Waals surface area contributed by atoms with Crippen molar-refractivity contribution in [3.05, 3.63) is 91.9 Å². The molecule has 0 spiro atoms. The topological polar surface area (TPSA) is 79.8 Å². The van der Waals surface area contributed by atoms with Crippen molar-refractivity contribution in [1.82, 2.24) is 5.43 Å². The molecule has 0 aliphatic rings. The first-order chi connectivity index (χ1) is 15.3. The molecule has 0 aliphatic heterocycles. The molecular formula is C22H15Cl4N3O3. The average molecular weight is 511 g/mol. The zero-order valence-corrected chi connectivity index (χ0v) is 19.3. The highest BCUT2D eigenvalue weighted by atomic mass is 35.5. The Balaban J connectivity index is 1.63. The molecule has 10 heteroatoms. The number of carbonyl (C=O) groups excluding carboxylic acids is 2. The minimum atomic E-state index is -0.971. The van der Waals surface area contributed by atoms with Crippen LogP contribution in [0.25, 0.3) is 0 Å². The lowest BCUT2D eigenvalue weighted by Gasteiger charge is -2.10. The second-order valence-electron chi connectivity index (χ2n) is 6.35. The fourth-order valence-corrected chi connectivity index (χ4v) is 3.18. The summed E-state index contributed by atoms with van der Waals surface area (Å²) in [6, 6.07) is 16.6. The second kappa shape index (κ2) is 11.2. The van der Waals surface area contributed by atoms with Crippen LogP contribution in [0.15, 0.2) is 65.8 Å². The largest absolute Gasteiger partial charge is 0.488 e. The van der Waals surface area contributed by atoms with Crippen LogP contribution >= 0.6 is 46.4 Å². The summed E-state index contributed by atoms with van der Waals surface area (Å²) in [5, 5.41) is 7.83. The smallest absolute Gasteiger partial charge is 0.329 e. The van der Waals surface area contributed by atoms with Crippen LogP contribution in [0.2, 0.25) is 20.1 Å². The van der Waals surface area contributed by atoms with E-state index in [2.05, 4.69) is 15.8 Å². The first kappa shape index (κ1) is 23.9. The van der Waals surface area contributed by atoms with E-state index in [1.807, 2.05) is 0 Å². The maximum absolute atomic E-state index is 12.0. The van der Waals surface area contributed by atoms with Crippen LogP contribution < -0.4 is 15.5 Å². The number of benzene rings is 3. The van der Waals surface area contributed by atoms with Crippen molar-refractivity contribution in [1.29, 1.82) is 0 Å². The number of hydrogen-bond acceptors (Lipinski definition) is 4. The molecule has 32 heavy (non-hydrogen) atoms. The van der Waals surface area contributed by atoms with Crippen molar-refractivity contribution in [2.24, 2.45) is 5.10 Å². The first-order valence-corrected chi connectivity index (χ1v) is 10.6. The normalized spacial score (nSPS) is 10.8. The highest BCUT2D eigenvalue weighted by Gasteiger charge is 2.14. The first-order valence-electron chi connectivity index (χ1n) is 9.08. The Morgan fingerprint density at radius 1 is 0.875 bits per heavy atom. The molecule has 0 bridgehead atoms. The molecule has 0 saturated heterocycles. The predicted octanol–water partition coefficient (Wildman–Crippen LogP) is 5.97. The Bertz CT molecular complexity index is 1180. The molecule has 2 amide bonds. The van der Waals surface area contributed by atoms with Crippen LogP contribution in [0.1, 0.15) is 11.1 Å². The summed E-state index contributed by atoms with van der Waals surface area (Å²) < 4.78 is 5.81. The molecule has 0 fully saturated rings. The Morgan fingerprint density at radius 3 is 2.41 bits per heavy atom. The summed E-state index contributed by atoms with van der Waals surface area (Å²) >= 11 is 24.0. The van der Waals surface area contributed by atoms with Gasteiger partial charge in [0.05, 0.1) is 27.0 Å². The minimum absolute atomic E-state index is 0.214. The summed E-state index contributed by atoms with van der Waals surface area (Å²) in [6.07, 6.45) is 1.32. The number of ether oxygens (including phenoxy) is 1. The van der Waals surface area contributed by atoms with Gasteiger partial charge >= 0.3 is 11.8 Å². The highest BCUT2D eigenvalue weighted by molar-refractivity contribution is 6.42. The summed E-state index contributed by atoms with van der Waals surface area (Å²) in [4.78, 5) is 24.0.